The molecule has 1 aliphatic heterocycles. The van der Waals surface area contributed by atoms with Gasteiger partial charge in [-0.3, -0.25) is 9.79 Å². The highest BCUT2D eigenvalue weighted by molar-refractivity contribution is 14.0. The Morgan fingerprint density at radius 3 is 2.60 bits per heavy atom. The van der Waals surface area contributed by atoms with E-state index in [1.807, 2.05) is 31.3 Å². The van der Waals surface area contributed by atoms with Crippen molar-refractivity contribution < 1.29 is 4.79 Å². The summed E-state index contributed by atoms with van der Waals surface area (Å²) in [5.41, 5.74) is 1.86. The van der Waals surface area contributed by atoms with Gasteiger partial charge in [0, 0.05) is 57.3 Å². The Bertz CT molecular complexity index is 577. The minimum Gasteiger partial charge on any atom is -0.352 e. The van der Waals surface area contributed by atoms with E-state index in [4.69, 9.17) is 0 Å². The van der Waals surface area contributed by atoms with Gasteiger partial charge in [-0.2, -0.15) is 11.8 Å². The van der Waals surface area contributed by atoms with Gasteiger partial charge in [-0.15, -0.1) is 24.0 Å². The lowest BCUT2D eigenvalue weighted by Crippen LogP contribution is -2.47. The Labute approximate surface area is 172 Å². The lowest BCUT2D eigenvalue weighted by Gasteiger charge is -2.34. The summed E-state index contributed by atoms with van der Waals surface area (Å²) in [6, 6.07) is 7.76. The zero-order valence-corrected chi connectivity index (χ0v) is 18.6. The van der Waals surface area contributed by atoms with Gasteiger partial charge in [0.1, 0.15) is 0 Å². The third kappa shape index (κ3) is 6.36. The standard InChI is InChI=1S/C18H28N4OS.HI/c1-5-16-13-22(10-11-24-16)18(19-2)20-12-14-6-8-15(9-7-14)17(23)21(3)4;/h6-9,16H,5,10-13H2,1-4H3,(H,19,20);1H. The highest BCUT2D eigenvalue weighted by Gasteiger charge is 2.21. The number of hydrogen-bond donors (Lipinski definition) is 1. The van der Waals surface area contributed by atoms with E-state index in [1.54, 1.807) is 19.0 Å². The Morgan fingerprint density at radius 2 is 2.04 bits per heavy atom. The monoisotopic (exact) mass is 476 g/mol. The molecule has 7 heteroatoms. The van der Waals surface area contributed by atoms with E-state index in [9.17, 15) is 4.79 Å². The number of guanidine groups is 1. The fraction of sp³-hybridized carbons (Fsp3) is 0.556. The molecule has 1 N–H and O–H groups in total. The van der Waals surface area contributed by atoms with Crippen molar-refractivity contribution in [3.8, 4) is 0 Å². The number of rotatable bonds is 4. The zero-order valence-electron chi connectivity index (χ0n) is 15.5. The van der Waals surface area contributed by atoms with Crippen LogP contribution >= 0.6 is 35.7 Å². The summed E-state index contributed by atoms with van der Waals surface area (Å²) in [5.74, 6) is 2.14. The number of benzene rings is 1. The normalized spacial score (nSPS) is 17.7. The smallest absolute Gasteiger partial charge is 0.253 e. The van der Waals surface area contributed by atoms with E-state index in [2.05, 4.69) is 33.9 Å². The number of thioether (sulfide) groups is 1. The Kier molecular flexibility index (Phi) is 9.63. The zero-order chi connectivity index (χ0) is 17.5. The molecule has 25 heavy (non-hydrogen) atoms. The molecule has 1 amide bonds. The maximum Gasteiger partial charge on any atom is 0.253 e. The average molecular weight is 476 g/mol. The summed E-state index contributed by atoms with van der Waals surface area (Å²) >= 11 is 2.06. The van der Waals surface area contributed by atoms with Crippen LogP contribution in [0.2, 0.25) is 0 Å². The first-order valence-electron chi connectivity index (χ1n) is 8.43. The molecule has 2 rings (SSSR count). The Balaban J connectivity index is 0.00000312. The van der Waals surface area contributed by atoms with Crippen molar-refractivity contribution in [1.82, 2.24) is 15.1 Å². The topological polar surface area (TPSA) is 47.9 Å². The lowest BCUT2D eigenvalue weighted by atomic mass is 10.1. The first kappa shape index (κ1) is 22.1. The summed E-state index contributed by atoms with van der Waals surface area (Å²) in [4.78, 5) is 20.3. The predicted octanol–water partition coefficient (Wildman–Crippen LogP) is 2.91. The molecule has 0 aliphatic carbocycles. The SMILES string of the molecule is CCC1CN(C(=NC)NCc2ccc(C(=O)N(C)C)cc2)CCS1.I. The van der Waals surface area contributed by atoms with Crippen LogP contribution in [0.1, 0.15) is 29.3 Å². The van der Waals surface area contributed by atoms with Gasteiger partial charge in [0.05, 0.1) is 0 Å². The Morgan fingerprint density at radius 1 is 1.36 bits per heavy atom. The van der Waals surface area contributed by atoms with Gasteiger partial charge in [-0.25, -0.2) is 0 Å². The molecular weight excluding hydrogens is 447 g/mol. The number of carbonyl (C=O) groups excluding carboxylic acids is 1. The van der Waals surface area contributed by atoms with E-state index in [1.165, 1.54) is 6.42 Å². The van der Waals surface area contributed by atoms with Crippen molar-refractivity contribution in [3.63, 3.8) is 0 Å². The van der Waals surface area contributed by atoms with Crippen molar-refractivity contribution in [2.45, 2.75) is 25.1 Å². The van der Waals surface area contributed by atoms with Gasteiger partial charge in [-0.05, 0) is 24.1 Å². The molecule has 140 valence electrons. The van der Waals surface area contributed by atoms with Crippen molar-refractivity contribution in [2.24, 2.45) is 4.99 Å². The first-order chi connectivity index (χ1) is 11.5. The summed E-state index contributed by atoms with van der Waals surface area (Å²) in [6.45, 7) is 5.05. The maximum absolute atomic E-state index is 11.9. The number of carbonyl (C=O) groups is 1. The van der Waals surface area contributed by atoms with Gasteiger partial charge >= 0.3 is 0 Å². The molecule has 0 aromatic heterocycles. The van der Waals surface area contributed by atoms with Crippen LogP contribution in [0.5, 0.6) is 0 Å². The molecule has 0 bridgehead atoms. The largest absolute Gasteiger partial charge is 0.352 e. The van der Waals surface area contributed by atoms with Crippen molar-refractivity contribution in [3.05, 3.63) is 35.4 Å². The molecule has 0 radical (unpaired) electrons. The molecule has 1 atom stereocenters. The van der Waals surface area contributed by atoms with Gasteiger partial charge in [-0.1, -0.05) is 19.1 Å². The fourth-order valence-corrected chi connectivity index (χ4v) is 3.88. The van der Waals surface area contributed by atoms with Crippen molar-refractivity contribution in [1.29, 1.82) is 0 Å². The van der Waals surface area contributed by atoms with Gasteiger partial charge < -0.3 is 15.1 Å². The number of hydrogen-bond acceptors (Lipinski definition) is 3. The maximum atomic E-state index is 11.9. The molecule has 1 saturated heterocycles. The average Bonchev–Trinajstić information content (AvgIpc) is 2.62. The predicted molar refractivity (Wildman–Crippen MR) is 118 cm³/mol. The third-order valence-corrected chi connectivity index (χ3v) is 5.54. The molecule has 1 aliphatic rings. The number of nitrogens with one attached hydrogen (secondary N) is 1. The van der Waals surface area contributed by atoms with E-state index >= 15 is 0 Å². The molecule has 0 spiro atoms. The third-order valence-electron chi connectivity index (χ3n) is 4.16. The second kappa shape index (κ2) is 10.9. The second-order valence-electron chi connectivity index (χ2n) is 6.14. The molecule has 1 fully saturated rings. The van der Waals surface area contributed by atoms with Crippen molar-refractivity contribution in [2.75, 3.05) is 40.0 Å². The van der Waals surface area contributed by atoms with Gasteiger partial charge in [0.2, 0.25) is 0 Å². The fourth-order valence-electron chi connectivity index (χ4n) is 2.70. The van der Waals surface area contributed by atoms with Crippen LogP contribution in [0.25, 0.3) is 0 Å². The van der Waals surface area contributed by atoms with E-state index < -0.39 is 0 Å². The minimum atomic E-state index is 0. The minimum absolute atomic E-state index is 0. The highest BCUT2D eigenvalue weighted by Crippen LogP contribution is 2.21. The van der Waals surface area contributed by atoms with Crippen LogP contribution in [0.15, 0.2) is 29.3 Å². The molecule has 1 aromatic rings. The lowest BCUT2D eigenvalue weighted by molar-refractivity contribution is 0.0827. The molecule has 1 unspecified atom stereocenters. The summed E-state index contributed by atoms with van der Waals surface area (Å²) in [5, 5.41) is 4.13. The number of nitrogens with zero attached hydrogens (tertiary/aromatic N) is 3. The second-order valence-corrected chi connectivity index (χ2v) is 7.55. The van der Waals surface area contributed by atoms with Gasteiger partial charge in [0.15, 0.2) is 5.96 Å². The highest BCUT2D eigenvalue weighted by atomic mass is 127. The molecule has 1 heterocycles. The molecule has 1 aromatic carbocycles. The van der Waals surface area contributed by atoms with Crippen LogP contribution in [-0.4, -0.2) is 66.9 Å². The number of aliphatic imine (C=N–C) groups is 1. The van der Waals surface area contributed by atoms with Crippen LogP contribution < -0.4 is 5.32 Å². The molecular formula is C18H29IN4OS. The van der Waals surface area contributed by atoms with E-state index in [-0.39, 0.29) is 29.9 Å². The summed E-state index contributed by atoms with van der Waals surface area (Å²) < 4.78 is 0. The van der Waals surface area contributed by atoms with Crippen LogP contribution in [0.3, 0.4) is 0 Å². The number of amides is 1. The number of halogens is 1. The van der Waals surface area contributed by atoms with Gasteiger partial charge in [0.25, 0.3) is 5.91 Å². The van der Waals surface area contributed by atoms with Crippen LogP contribution in [0.4, 0.5) is 0 Å². The first-order valence-corrected chi connectivity index (χ1v) is 9.47. The Hall–Kier alpha value is -0.960. The summed E-state index contributed by atoms with van der Waals surface area (Å²) in [7, 11) is 5.37. The van der Waals surface area contributed by atoms with E-state index in [0.29, 0.717) is 17.4 Å². The summed E-state index contributed by atoms with van der Waals surface area (Å²) in [6.07, 6.45) is 1.19. The quantitative estimate of drug-likeness (QED) is 0.413. The van der Waals surface area contributed by atoms with Crippen molar-refractivity contribution >= 4 is 47.6 Å². The molecule has 5 nitrogen and oxygen atoms in total. The van der Waals surface area contributed by atoms with Crippen LogP contribution in [0, 0.1) is 0 Å². The molecule has 0 saturated carbocycles. The van der Waals surface area contributed by atoms with Crippen LogP contribution in [-0.2, 0) is 6.54 Å². The van der Waals surface area contributed by atoms with E-state index in [0.717, 1.165) is 30.4 Å².